The SMILES string of the molecule is C=C(C)COc1ccc(C(=O)CNC)cc1Cl. The van der Waals surface area contributed by atoms with E-state index < -0.39 is 0 Å². The van der Waals surface area contributed by atoms with Gasteiger partial charge in [0.2, 0.25) is 0 Å². The highest BCUT2D eigenvalue weighted by molar-refractivity contribution is 6.32. The zero-order chi connectivity index (χ0) is 12.8. The van der Waals surface area contributed by atoms with Gasteiger partial charge in [-0.3, -0.25) is 4.79 Å². The fraction of sp³-hybridized carbons (Fsp3) is 0.308. The van der Waals surface area contributed by atoms with Gasteiger partial charge in [0.25, 0.3) is 0 Å². The number of carbonyl (C=O) groups is 1. The van der Waals surface area contributed by atoms with E-state index in [4.69, 9.17) is 16.3 Å². The van der Waals surface area contributed by atoms with E-state index in [1.165, 1.54) is 0 Å². The molecule has 1 aromatic rings. The standard InChI is InChI=1S/C13H16ClNO2/c1-9(2)8-17-13-5-4-10(6-11(13)14)12(16)7-15-3/h4-6,15H,1,7-8H2,2-3H3. The van der Waals surface area contributed by atoms with Crippen LogP contribution in [0.2, 0.25) is 5.02 Å². The molecule has 0 saturated heterocycles. The topological polar surface area (TPSA) is 38.3 Å². The number of halogens is 1. The third-order valence-corrected chi connectivity index (χ3v) is 2.36. The lowest BCUT2D eigenvalue weighted by molar-refractivity contribution is 0.0993. The summed E-state index contributed by atoms with van der Waals surface area (Å²) in [4.78, 5) is 11.6. The van der Waals surface area contributed by atoms with Crippen molar-refractivity contribution in [2.24, 2.45) is 0 Å². The monoisotopic (exact) mass is 253 g/mol. The number of hydrogen-bond donors (Lipinski definition) is 1. The summed E-state index contributed by atoms with van der Waals surface area (Å²) >= 11 is 6.03. The van der Waals surface area contributed by atoms with Gasteiger partial charge in [0.15, 0.2) is 5.78 Å². The second-order valence-corrected chi connectivity index (χ2v) is 4.25. The lowest BCUT2D eigenvalue weighted by Gasteiger charge is -2.09. The maximum Gasteiger partial charge on any atom is 0.176 e. The highest BCUT2D eigenvalue weighted by Gasteiger charge is 2.08. The first-order chi connectivity index (χ1) is 8.04. The smallest absolute Gasteiger partial charge is 0.176 e. The van der Waals surface area contributed by atoms with E-state index in [9.17, 15) is 4.79 Å². The van der Waals surface area contributed by atoms with Crippen LogP contribution >= 0.6 is 11.6 Å². The number of ether oxygens (including phenoxy) is 1. The molecule has 0 spiro atoms. The zero-order valence-corrected chi connectivity index (χ0v) is 10.8. The summed E-state index contributed by atoms with van der Waals surface area (Å²) in [6, 6.07) is 5.03. The number of rotatable bonds is 6. The minimum Gasteiger partial charge on any atom is -0.488 e. The van der Waals surface area contributed by atoms with Gasteiger partial charge >= 0.3 is 0 Å². The van der Waals surface area contributed by atoms with Crippen LogP contribution in [0, 0.1) is 0 Å². The molecular weight excluding hydrogens is 238 g/mol. The average Bonchev–Trinajstić information content (AvgIpc) is 2.27. The summed E-state index contributed by atoms with van der Waals surface area (Å²) in [6.07, 6.45) is 0. The largest absolute Gasteiger partial charge is 0.488 e. The molecule has 0 unspecified atom stereocenters. The molecule has 1 aromatic carbocycles. The molecule has 0 atom stereocenters. The number of benzene rings is 1. The average molecular weight is 254 g/mol. The molecule has 0 aromatic heterocycles. The molecule has 3 nitrogen and oxygen atoms in total. The van der Waals surface area contributed by atoms with Crippen LogP contribution in [0.3, 0.4) is 0 Å². The van der Waals surface area contributed by atoms with Crippen molar-refractivity contribution in [3.63, 3.8) is 0 Å². The number of hydrogen-bond acceptors (Lipinski definition) is 3. The van der Waals surface area contributed by atoms with Crippen LogP contribution in [0.4, 0.5) is 0 Å². The molecule has 0 aliphatic heterocycles. The first-order valence-corrected chi connectivity index (χ1v) is 5.67. The molecule has 0 amide bonds. The summed E-state index contributed by atoms with van der Waals surface area (Å²) in [7, 11) is 1.73. The van der Waals surface area contributed by atoms with Gasteiger partial charge in [-0.2, -0.15) is 0 Å². The van der Waals surface area contributed by atoms with Crippen molar-refractivity contribution >= 4 is 17.4 Å². The van der Waals surface area contributed by atoms with Gasteiger partial charge in [0, 0.05) is 5.56 Å². The van der Waals surface area contributed by atoms with Gasteiger partial charge in [-0.25, -0.2) is 0 Å². The molecule has 4 heteroatoms. The molecular formula is C13H16ClNO2. The van der Waals surface area contributed by atoms with E-state index in [1.807, 2.05) is 6.92 Å². The highest BCUT2D eigenvalue weighted by atomic mass is 35.5. The van der Waals surface area contributed by atoms with E-state index >= 15 is 0 Å². The van der Waals surface area contributed by atoms with Crippen LogP contribution in [0.15, 0.2) is 30.4 Å². The van der Waals surface area contributed by atoms with E-state index in [2.05, 4.69) is 11.9 Å². The van der Waals surface area contributed by atoms with Gasteiger partial charge in [-0.05, 0) is 37.7 Å². The molecule has 0 fully saturated rings. The maximum atomic E-state index is 11.6. The zero-order valence-electron chi connectivity index (χ0n) is 10.0. The number of carbonyl (C=O) groups excluding carboxylic acids is 1. The third-order valence-electron chi connectivity index (χ3n) is 2.07. The second kappa shape index (κ2) is 6.42. The maximum absolute atomic E-state index is 11.6. The number of Topliss-reactive ketones (excluding diaryl/α,β-unsaturated/α-hetero) is 1. The van der Waals surface area contributed by atoms with Crippen LogP contribution in [-0.2, 0) is 0 Å². The van der Waals surface area contributed by atoms with Crippen molar-refractivity contribution in [3.05, 3.63) is 40.9 Å². The highest BCUT2D eigenvalue weighted by Crippen LogP contribution is 2.25. The Morgan fingerprint density at radius 2 is 2.24 bits per heavy atom. The number of nitrogens with one attached hydrogen (secondary N) is 1. The lowest BCUT2D eigenvalue weighted by atomic mass is 10.1. The van der Waals surface area contributed by atoms with Crippen molar-refractivity contribution in [1.29, 1.82) is 0 Å². The van der Waals surface area contributed by atoms with Crippen molar-refractivity contribution in [2.75, 3.05) is 20.2 Å². The Morgan fingerprint density at radius 1 is 1.53 bits per heavy atom. The van der Waals surface area contributed by atoms with Gasteiger partial charge in [-0.15, -0.1) is 0 Å². The molecule has 0 aliphatic carbocycles. The van der Waals surface area contributed by atoms with Crippen molar-refractivity contribution in [2.45, 2.75) is 6.92 Å². The van der Waals surface area contributed by atoms with E-state index in [0.29, 0.717) is 29.5 Å². The van der Waals surface area contributed by atoms with Crippen LogP contribution < -0.4 is 10.1 Å². The Morgan fingerprint density at radius 3 is 2.76 bits per heavy atom. The Labute approximate surface area is 106 Å². The molecule has 0 radical (unpaired) electrons. The fourth-order valence-electron chi connectivity index (χ4n) is 1.25. The first kappa shape index (κ1) is 13.7. The normalized spacial score (nSPS) is 10.1. The predicted molar refractivity (Wildman–Crippen MR) is 70.0 cm³/mol. The van der Waals surface area contributed by atoms with Crippen molar-refractivity contribution in [3.8, 4) is 5.75 Å². The third kappa shape index (κ3) is 4.21. The Kier molecular flexibility index (Phi) is 5.19. The van der Waals surface area contributed by atoms with Gasteiger partial charge in [0.05, 0.1) is 11.6 Å². The number of ketones is 1. The van der Waals surface area contributed by atoms with Gasteiger partial charge < -0.3 is 10.1 Å². The summed E-state index contributed by atoms with van der Waals surface area (Å²) in [5, 5.41) is 3.24. The van der Waals surface area contributed by atoms with Crippen LogP contribution in [0.25, 0.3) is 0 Å². The minimum atomic E-state index is 0.000788. The first-order valence-electron chi connectivity index (χ1n) is 5.29. The summed E-state index contributed by atoms with van der Waals surface area (Å²) in [6.45, 7) is 6.33. The summed E-state index contributed by atoms with van der Waals surface area (Å²) in [5.41, 5.74) is 1.49. The van der Waals surface area contributed by atoms with Gasteiger partial charge in [0.1, 0.15) is 12.4 Å². The molecule has 0 aliphatic rings. The summed E-state index contributed by atoms with van der Waals surface area (Å²) in [5.74, 6) is 0.566. The molecule has 0 heterocycles. The fourth-order valence-corrected chi connectivity index (χ4v) is 1.49. The van der Waals surface area contributed by atoms with Crippen LogP contribution in [0.1, 0.15) is 17.3 Å². The molecule has 1 rings (SSSR count). The molecule has 0 bridgehead atoms. The molecule has 1 N–H and O–H groups in total. The van der Waals surface area contributed by atoms with Crippen molar-refractivity contribution < 1.29 is 9.53 Å². The van der Waals surface area contributed by atoms with E-state index in [1.54, 1.807) is 25.2 Å². The van der Waals surface area contributed by atoms with Crippen LogP contribution in [0.5, 0.6) is 5.75 Å². The minimum absolute atomic E-state index is 0.000788. The van der Waals surface area contributed by atoms with E-state index in [0.717, 1.165) is 5.57 Å². The predicted octanol–water partition coefficient (Wildman–Crippen LogP) is 2.70. The van der Waals surface area contributed by atoms with E-state index in [-0.39, 0.29) is 5.78 Å². The lowest BCUT2D eigenvalue weighted by Crippen LogP contribution is -2.18. The molecule has 92 valence electrons. The number of likely N-dealkylation sites (N-methyl/N-ethyl adjacent to an activating group) is 1. The Hall–Kier alpha value is -1.32. The Balaban J connectivity index is 2.78. The summed E-state index contributed by atoms with van der Waals surface area (Å²) < 4.78 is 5.43. The molecule has 0 saturated carbocycles. The van der Waals surface area contributed by atoms with Crippen molar-refractivity contribution in [1.82, 2.24) is 5.32 Å². The van der Waals surface area contributed by atoms with Gasteiger partial charge in [-0.1, -0.05) is 18.2 Å². The van der Waals surface area contributed by atoms with Crippen LogP contribution in [-0.4, -0.2) is 26.0 Å². The second-order valence-electron chi connectivity index (χ2n) is 3.84. The Bertz CT molecular complexity index is 429. The molecule has 17 heavy (non-hydrogen) atoms. The quantitative estimate of drug-likeness (QED) is 0.626.